The van der Waals surface area contributed by atoms with Crippen LogP contribution in [0, 0.1) is 0 Å². The van der Waals surface area contributed by atoms with Gasteiger partial charge in [0.1, 0.15) is 28.2 Å². The Morgan fingerprint density at radius 3 is 2.48 bits per heavy atom. The quantitative estimate of drug-likeness (QED) is 0.663. The third-order valence-electron chi connectivity index (χ3n) is 5.41. The van der Waals surface area contributed by atoms with Crippen LogP contribution in [0.2, 0.25) is 0 Å². The zero-order valence-corrected chi connectivity index (χ0v) is 17.2. The van der Waals surface area contributed by atoms with Gasteiger partial charge in [0, 0.05) is 50.4 Å². The maximum atomic E-state index is 12.8. The summed E-state index contributed by atoms with van der Waals surface area (Å²) in [5.74, 6) is -0.0675. The minimum Gasteiger partial charge on any atom is -0.507 e. The molecule has 0 saturated carbocycles. The summed E-state index contributed by atoms with van der Waals surface area (Å²) in [7, 11) is 0. The molecule has 1 amide bonds. The molecule has 0 spiro atoms. The van der Waals surface area contributed by atoms with Crippen molar-refractivity contribution in [1.29, 1.82) is 0 Å². The van der Waals surface area contributed by atoms with Gasteiger partial charge in [-0.3, -0.25) is 9.69 Å². The Hall–Kier alpha value is -3.52. The Balaban J connectivity index is 1.59. The molecule has 162 valence electrons. The van der Waals surface area contributed by atoms with E-state index in [9.17, 15) is 19.8 Å². The minimum atomic E-state index is -0.383. The van der Waals surface area contributed by atoms with Gasteiger partial charge in [-0.2, -0.15) is 0 Å². The lowest BCUT2D eigenvalue weighted by atomic mass is 10.1. The molecule has 4 rings (SSSR count). The number of fused-ring (bicyclic) bond motifs is 1. The standard InChI is InChI=1S/C23H24N2O6/c1-2-30-23(29)25-10-8-24(9-11-25)14-16-17(26)12-20-21(22(16)28)18(27)13-19(31-20)15-6-4-3-5-7-15/h3-7,12-13,26,28H,2,8-11,14H2,1H3. The molecular formula is C23H24N2O6. The number of carbonyl (C=O) groups is 1. The molecule has 1 aromatic heterocycles. The number of piperazine rings is 1. The van der Waals surface area contributed by atoms with Gasteiger partial charge in [-0.05, 0) is 6.92 Å². The van der Waals surface area contributed by atoms with Crippen molar-refractivity contribution in [2.75, 3.05) is 32.8 Å². The molecule has 31 heavy (non-hydrogen) atoms. The average Bonchev–Trinajstić information content (AvgIpc) is 2.77. The number of aromatic hydroxyl groups is 2. The molecule has 0 bridgehead atoms. The van der Waals surface area contributed by atoms with Gasteiger partial charge >= 0.3 is 6.09 Å². The summed E-state index contributed by atoms with van der Waals surface area (Å²) in [6.07, 6.45) is -0.342. The van der Waals surface area contributed by atoms with Crippen LogP contribution in [0.3, 0.4) is 0 Å². The number of rotatable bonds is 4. The minimum absolute atomic E-state index is 0.0395. The fourth-order valence-electron chi connectivity index (χ4n) is 3.76. The summed E-state index contributed by atoms with van der Waals surface area (Å²) in [6.45, 7) is 4.40. The van der Waals surface area contributed by atoms with Gasteiger partial charge in [-0.25, -0.2) is 4.79 Å². The van der Waals surface area contributed by atoms with E-state index in [4.69, 9.17) is 9.15 Å². The first-order valence-electron chi connectivity index (χ1n) is 10.2. The number of carbonyl (C=O) groups excluding carboxylic acids is 1. The Kier molecular flexibility index (Phi) is 5.81. The lowest BCUT2D eigenvalue weighted by Gasteiger charge is -2.34. The normalized spacial score (nSPS) is 14.7. The molecule has 2 heterocycles. The van der Waals surface area contributed by atoms with Crippen molar-refractivity contribution in [1.82, 2.24) is 9.80 Å². The molecule has 1 aliphatic rings. The molecule has 8 heteroatoms. The number of ether oxygens (including phenoxy) is 1. The van der Waals surface area contributed by atoms with Crippen LogP contribution in [-0.2, 0) is 11.3 Å². The molecule has 3 aromatic rings. The summed E-state index contributed by atoms with van der Waals surface area (Å²) in [5.41, 5.74) is 0.726. The van der Waals surface area contributed by atoms with Gasteiger partial charge < -0.3 is 24.3 Å². The van der Waals surface area contributed by atoms with Crippen molar-refractivity contribution in [3.63, 3.8) is 0 Å². The van der Waals surface area contributed by atoms with Crippen molar-refractivity contribution in [2.45, 2.75) is 13.5 Å². The van der Waals surface area contributed by atoms with Crippen molar-refractivity contribution in [2.24, 2.45) is 0 Å². The van der Waals surface area contributed by atoms with Crippen LogP contribution in [0.1, 0.15) is 12.5 Å². The average molecular weight is 424 g/mol. The second kappa shape index (κ2) is 8.69. The molecule has 1 aliphatic heterocycles. The third kappa shape index (κ3) is 4.20. The summed E-state index contributed by atoms with van der Waals surface area (Å²) in [5, 5.41) is 21.4. The van der Waals surface area contributed by atoms with Crippen molar-refractivity contribution < 1.29 is 24.2 Å². The molecule has 0 unspecified atom stereocenters. The van der Waals surface area contributed by atoms with Crippen LogP contribution in [0.25, 0.3) is 22.3 Å². The van der Waals surface area contributed by atoms with E-state index >= 15 is 0 Å². The molecule has 1 fully saturated rings. The number of benzene rings is 2. The zero-order chi connectivity index (χ0) is 22.0. The van der Waals surface area contributed by atoms with E-state index in [1.165, 1.54) is 12.1 Å². The topological polar surface area (TPSA) is 103 Å². The van der Waals surface area contributed by atoms with Crippen LogP contribution < -0.4 is 5.43 Å². The lowest BCUT2D eigenvalue weighted by Crippen LogP contribution is -2.48. The zero-order valence-electron chi connectivity index (χ0n) is 17.2. The lowest BCUT2D eigenvalue weighted by molar-refractivity contribution is 0.0774. The fraction of sp³-hybridized carbons (Fsp3) is 0.304. The van der Waals surface area contributed by atoms with Gasteiger partial charge in [0.15, 0.2) is 5.43 Å². The number of phenols is 2. The van der Waals surface area contributed by atoms with Gasteiger partial charge in [0.05, 0.1) is 12.2 Å². The number of hydrogen-bond acceptors (Lipinski definition) is 7. The Labute approximate surface area is 178 Å². The Morgan fingerprint density at radius 1 is 1.10 bits per heavy atom. The van der Waals surface area contributed by atoms with E-state index in [0.29, 0.717) is 38.5 Å². The van der Waals surface area contributed by atoms with Crippen LogP contribution in [0.15, 0.2) is 51.7 Å². The largest absolute Gasteiger partial charge is 0.507 e. The van der Waals surface area contributed by atoms with Crippen molar-refractivity contribution in [3.05, 3.63) is 58.3 Å². The van der Waals surface area contributed by atoms with E-state index in [-0.39, 0.29) is 46.1 Å². The van der Waals surface area contributed by atoms with Gasteiger partial charge in [0.25, 0.3) is 0 Å². The van der Waals surface area contributed by atoms with Crippen LogP contribution in [0.5, 0.6) is 11.5 Å². The first-order chi connectivity index (χ1) is 15.0. The molecular weight excluding hydrogens is 400 g/mol. The molecule has 2 aromatic carbocycles. The Morgan fingerprint density at radius 2 is 1.81 bits per heavy atom. The summed E-state index contributed by atoms with van der Waals surface area (Å²) < 4.78 is 10.8. The predicted molar refractivity (Wildman–Crippen MR) is 115 cm³/mol. The molecule has 0 aliphatic carbocycles. The first-order valence-corrected chi connectivity index (χ1v) is 10.2. The van der Waals surface area contributed by atoms with E-state index in [1.54, 1.807) is 11.8 Å². The Bertz CT molecular complexity index is 1150. The predicted octanol–water partition coefficient (Wildman–Crippen LogP) is 3.15. The van der Waals surface area contributed by atoms with Gasteiger partial charge in [0.2, 0.25) is 0 Å². The summed E-state index contributed by atoms with van der Waals surface area (Å²) >= 11 is 0. The maximum absolute atomic E-state index is 12.8. The number of phenolic OH excluding ortho intramolecular Hbond substituents is 2. The summed E-state index contributed by atoms with van der Waals surface area (Å²) in [4.78, 5) is 28.2. The first kappa shape index (κ1) is 20.7. The smallest absolute Gasteiger partial charge is 0.409 e. The highest BCUT2D eigenvalue weighted by atomic mass is 16.6. The van der Waals surface area contributed by atoms with Crippen LogP contribution in [-0.4, -0.2) is 58.9 Å². The second-order valence-electron chi connectivity index (χ2n) is 7.40. The molecule has 2 N–H and O–H groups in total. The van der Waals surface area contributed by atoms with E-state index in [1.807, 2.05) is 35.2 Å². The number of hydrogen-bond donors (Lipinski definition) is 2. The maximum Gasteiger partial charge on any atom is 0.409 e. The molecule has 0 atom stereocenters. The summed E-state index contributed by atoms with van der Waals surface area (Å²) in [6, 6.07) is 11.9. The third-order valence-corrected chi connectivity index (χ3v) is 5.41. The number of nitrogens with zero attached hydrogens (tertiary/aromatic N) is 2. The second-order valence-corrected chi connectivity index (χ2v) is 7.40. The van der Waals surface area contributed by atoms with E-state index in [0.717, 1.165) is 5.56 Å². The highest BCUT2D eigenvalue weighted by molar-refractivity contribution is 5.87. The molecule has 8 nitrogen and oxygen atoms in total. The van der Waals surface area contributed by atoms with E-state index < -0.39 is 0 Å². The highest BCUT2D eigenvalue weighted by Crippen LogP contribution is 2.36. The molecule has 1 saturated heterocycles. The van der Waals surface area contributed by atoms with Crippen molar-refractivity contribution >= 4 is 17.1 Å². The van der Waals surface area contributed by atoms with Gasteiger partial charge in [-0.15, -0.1) is 0 Å². The van der Waals surface area contributed by atoms with E-state index in [2.05, 4.69) is 0 Å². The van der Waals surface area contributed by atoms with Gasteiger partial charge in [-0.1, -0.05) is 30.3 Å². The van der Waals surface area contributed by atoms with Crippen LogP contribution in [0.4, 0.5) is 4.79 Å². The highest BCUT2D eigenvalue weighted by Gasteiger charge is 2.25. The number of amides is 1. The van der Waals surface area contributed by atoms with Crippen molar-refractivity contribution in [3.8, 4) is 22.8 Å². The fourth-order valence-corrected chi connectivity index (χ4v) is 3.76. The monoisotopic (exact) mass is 424 g/mol. The van der Waals surface area contributed by atoms with Crippen LogP contribution >= 0.6 is 0 Å². The SMILES string of the molecule is CCOC(=O)N1CCN(Cc2c(O)cc3oc(-c4ccccc4)cc(=O)c3c2O)CC1. The molecule has 0 radical (unpaired) electrons.